The molecule has 76 valence electrons. The van der Waals surface area contributed by atoms with Crippen LogP contribution in [0.3, 0.4) is 0 Å². The van der Waals surface area contributed by atoms with Crippen molar-refractivity contribution < 1.29 is 13.0 Å². The van der Waals surface area contributed by atoms with E-state index in [0.717, 1.165) is 5.56 Å². The van der Waals surface area contributed by atoms with Gasteiger partial charge in [0.25, 0.3) is 10.1 Å². The first kappa shape index (κ1) is 14.6. The van der Waals surface area contributed by atoms with Gasteiger partial charge in [-0.15, -0.1) is 0 Å². The average molecular weight is 234 g/mol. The summed E-state index contributed by atoms with van der Waals surface area (Å²) in [5.41, 5.74) is 1.14. The molecule has 0 spiro atoms. The van der Waals surface area contributed by atoms with Gasteiger partial charge in [-0.3, -0.25) is 4.55 Å². The van der Waals surface area contributed by atoms with Crippen molar-refractivity contribution in [2.45, 2.75) is 4.90 Å². The Hall–Kier alpha value is -0.390. The van der Waals surface area contributed by atoms with E-state index in [1.165, 1.54) is 12.1 Å². The topological polar surface area (TPSA) is 54.4 Å². The maximum atomic E-state index is 10.9. The van der Waals surface area contributed by atoms with Gasteiger partial charge in [0.15, 0.2) is 0 Å². The third-order valence-corrected chi connectivity index (χ3v) is 2.69. The molecule has 5 heteroatoms. The Morgan fingerprint density at radius 2 is 1.80 bits per heavy atom. The van der Waals surface area contributed by atoms with Crippen molar-refractivity contribution in [1.82, 2.24) is 0 Å². The fourth-order valence-corrected chi connectivity index (χ4v) is 1.77. The van der Waals surface area contributed by atoms with Crippen LogP contribution in [0, 0.1) is 0 Å². The van der Waals surface area contributed by atoms with Gasteiger partial charge in [-0.2, -0.15) is 8.42 Å². The van der Waals surface area contributed by atoms with Crippen molar-refractivity contribution in [3.8, 4) is 0 Å². The van der Waals surface area contributed by atoms with Gasteiger partial charge >= 0.3 is 29.6 Å². The number of rotatable bonds is 3. The predicted molar refractivity (Wildman–Crippen MR) is 63.6 cm³/mol. The van der Waals surface area contributed by atoms with Gasteiger partial charge in [-0.1, -0.05) is 31.4 Å². The summed E-state index contributed by atoms with van der Waals surface area (Å²) >= 11 is 0. The van der Waals surface area contributed by atoms with E-state index in [-0.39, 0.29) is 34.5 Å². The molecule has 0 aliphatic carbocycles. The summed E-state index contributed by atoms with van der Waals surface area (Å²) in [7, 11) is -4.18. The van der Waals surface area contributed by atoms with Crippen LogP contribution in [0.1, 0.15) is 11.1 Å². The molecule has 0 heterocycles. The van der Waals surface area contributed by atoms with Crippen molar-refractivity contribution in [3.05, 3.63) is 42.5 Å². The number of hydrogen-bond donors (Lipinski definition) is 1. The van der Waals surface area contributed by atoms with Crippen molar-refractivity contribution in [2.75, 3.05) is 0 Å². The molecule has 15 heavy (non-hydrogen) atoms. The zero-order valence-corrected chi connectivity index (χ0v) is 8.29. The minimum atomic E-state index is -4.18. The van der Waals surface area contributed by atoms with Crippen LogP contribution >= 0.6 is 0 Å². The zero-order valence-electron chi connectivity index (χ0n) is 7.47. The summed E-state index contributed by atoms with van der Waals surface area (Å²) in [6, 6.07) is 4.47. The van der Waals surface area contributed by atoms with Crippen LogP contribution in [0.2, 0.25) is 0 Å². The molecular weight excluding hydrogens is 223 g/mol. The first-order valence-electron chi connectivity index (χ1n) is 3.85. The molecule has 0 bridgehead atoms. The molecular formula is C10H11NaO3S. The fraction of sp³-hybridized carbons (Fsp3) is 0. The van der Waals surface area contributed by atoms with Crippen LogP contribution in [0.4, 0.5) is 0 Å². The molecule has 0 atom stereocenters. The first-order valence-corrected chi connectivity index (χ1v) is 5.29. The average Bonchev–Trinajstić information content (AvgIpc) is 2.15. The Bertz CT molecular complexity index is 477. The Morgan fingerprint density at radius 3 is 2.20 bits per heavy atom. The third kappa shape index (κ3) is 3.59. The molecule has 0 fully saturated rings. The second kappa shape index (κ2) is 5.63. The van der Waals surface area contributed by atoms with Gasteiger partial charge in [0.1, 0.15) is 4.90 Å². The minimum absolute atomic E-state index is 0. The van der Waals surface area contributed by atoms with E-state index in [1.807, 2.05) is 0 Å². The molecule has 0 aliphatic rings. The van der Waals surface area contributed by atoms with E-state index in [2.05, 4.69) is 13.2 Å². The van der Waals surface area contributed by atoms with Gasteiger partial charge in [0.2, 0.25) is 0 Å². The van der Waals surface area contributed by atoms with E-state index < -0.39 is 10.1 Å². The number of hydrogen-bond acceptors (Lipinski definition) is 2. The van der Waals surface area contributed by atoms with Crippen LogP contribution in [0.5, 0.6) is 0 Å². The Morgan fingerprint density at radius 1 is 1.20 bits per heavy atom. The SMILES string of the molecule is C=Cc1ccc(S(=O)(=O)O)c(C=C)c1.[NaH]. The molecule has 0 amide bonds. The summed E-state index contributed by atoms with van der Waals surface area (Å²) in [6.07, 6.45) is 2.96. The second-order valence-electron chi connectivity index (χ2n) is 2.68. The molecule has 1 aromatic carbocycles. The summed E-state index contributed by atoms with van der Waals surface area (Å²) in [4.78, 5) is -0.141. The van der Waals surface area contributed by atoms with E-state index >= 15 is 0 Å². The zero-order chi connectivity index (χ0) is 10.8. The van der Waals surface area contributed by atoms with Crippen LogP contribution in [-0.4, -0.2) is 42.5 Å². The quantitative estimate of drug-likeness (QED) is 0.638. The molecule has 1 aromatic rings. The Kier molecular flexibility index (Phi) is 5.48. The van der Waals surface area contributed by atoms with Gasteiger partial charge in [-0.25, -0.2) is 0 Å². The van der Waals surface area contributed by atoms with Gasteiger partial charge < -0.3 is 0 Å². The summed E-state index contributed by atoms with van der Waals surface area (Å²) in [5, 5.41) is 0. The summed E-state index contributed by atoms with van der Waals surface area (Å²) in [5.74, 6) is 0. The van der Waals surface area contributed by atoms with Crippen molar-refractivity contribution in [3.63, 3.8) is 0 Å². The van der Waals surface area contributed by atoms with Gasteiger partial charge in [0, 0.05) is 0 Å². The normalized spacial score (nSPS) is 10.2. The van der Waals surface area contributed by atoms with Gasteiger partial charge in [0.05, 0.1) is 0 Å². The van der Waals surface area contributed by atoms with Crippen LogP contribution in [0.25, 0.3) is 12.2 Å². The van der Waals surface area contributed by atoms with Gasteiger partial charge in [-0.05, 0) is 23.3 Å². The molecule has 1 N–H and O–H groups in total. The molecule has 0 aromatic heterocycles. The number of benzene rings is 1. The first-order chi connectivity index (χ1) is 6.49. The fourth-order valence-electron chi connectivity index (χ4n) is 1.09. The standard InChI is InChI=1S/C10H10O3S.Na.H/c1-3-8-5-6-10(14(11,12)13)9(4-2)7-8;;/h3-7H,1-2H2,(H,11,12,13);;. The molecule has 0 radical (unpaired) electrons. The summed E-state index contributed by atoms with van der Waals surface area (Å²) in [6.45, 7) is 7.02. The monoisotopic (exact) mass is 234 g/mol. The molecule has 0 saturated heterocycles. The van der Waals surface area contributed by atoms with E-state index in [4.69, 9.17) is 4.55 Å². The third-order valence-electron chi connectivity index (χ3n) is 1.77. The Balaban J connectivity index is 0.00000196. The second-order valence-corrected chi connectivity index (χ2v) is 4.07. The summed E-state index contributed by atoms with van der Waals surface area (Å²) < 4.78 is 30.7. The molecule has 0 aliphatic heterocycles. The molecule has 3 nitrogen and oxygen atoms in total. The van der Waals surface area contributed by atoms with Crippen molar-refractivity contribution in [1.29, 1.82) is 0 Å². The maximum absolute atomic E-state index is 10.9. The molecule has 1 rings (SSSR count). The van der Waals surface area contributed by atoms with Crippen LogP contribution < -0.4 is 0 Å². The molecule has 0 unspecified atom stereocenters. The van der Waals surface area contributed by atoms with Crippen LogP contribution in [0.15, 0.2) is 36.3 Å². The van der Waals surface area contributed by atoms with Crippen LogP contribution in [-0.2, 0) is 10.1 Å². The predicted octanol–water partition coefficient (Wildman–Crippen LogP) is 1.57. The van der Waals surface area contributed by atoms with E-state index in [9.17, 15) is 8.42 Å². The van der Waals surface area contributed by atoms with E-state index in [0.29, 0.717) is 5.56 Å². The molecule has 0 saturated carbocycles. The van der Waals surface area contributed by atoms with Crippen molar-refractivity contribution in [2.24, 2.45) is 0 Å². The Labute approximate surface area is 112 Å². The van der Waals surface area contributed by atoms with E-state index in [1.54, 1.807) is 18.2 Å². The van der Waals surface area contributed by atoms with Crippen molar-refractivity contribution >= 4 is 51.8 Å².